The first-order valence-electron chi connectivity index (χ1n) is 7.94. The molecule has 2 heteroatoms. The molecule has 0 amide bonds. The molecule has 18 heavy (non-hydrogen) atoms. The van der Waals surface area contributed by atoms with Crippen LogP contribution in [0.2, 0.25) is 0 Å². The van der Waals surface area contributed by atoms with Crippen LogP contribution in [0.1, 0.15) is 71.6 Å². The lowest BCUT2D eigenvalue weighted by atomic mass is 9.80. The maximum absolute atomic E-state index is 5.87. The van der Waals surface area contributed by atoms with Crippen LogP contribution in [0.5, 0.6) is 0 Å². The van der Waals surface area contributed by atoms with E-state index < -0.39 is 0 Å². The van der Waals surface area contributed by atoms with Gasteiger partial charge in [0.05, 0.1) is 5.60 Å². The highest BCUT2D eigenvalue weighted by Gasteiger charge is 2.34. The van der Waals surface area contributed by atoms with E-state index in [0.29, 0.717) is 6.04 Å². The fourth-order valence-electron chi connectivity index (χ4n) is 3.72. The number of ether oxygens (including phenoxy) is 1. The molecular weight excluding hydrogens is 222 g/mol. The molecule has 1 atom stereocenters. The van der Waals surface area contributed by atoms with Crippen LogP contribution in [0.25, 0.3) is 0 Å². The van der Waals surface area contributed by atoms with Gasteiger partial charge >= 0.3 is 0 Å². The van der Waals surface area contributed by atoms with Crippen LogP contribution in [0.15, 0.2) is 0 Å². The average molecular weight is 255 g/mol. The van der Waals surface area contributed by atoms with Crippen molar-refractivity contribution < 1.29 is 4.74 Å². The third-order valence-electron chi connectivity index (χ3n) is 5.18. The van der Waals surface area contributed by atoms with Gasteiger partial charge in [-0.25, -0.2) is 0 Å². The number of rotatable bonds is 8. The third kappa shape index (κ3) is 3.96. The van der Waals surface area contributed by atoms with Gasteiger partial charge in [-0.3, -0.25) is 0 Å². The zero-order valence-corrected chi connectivity index (χ0v) is 12.9. The summed E-state index contributed by atoms with van der Waals surface area (Å²) >= 11 is 0. The van der Waals surface area contributed by atoms with E-state index in [2.05, 4.69) is 26.2 Å². The van der Waals surface area contributed by atoms with Crippen molar-refractivity contribution in [3.05, 3.63) is 0 Å². The van der Waals surface area contributed by atoms with Crippen molar-refractivity contribution in [3.63, 3.8) is 0 Å². The summed E-state index contributed by atoms with van der Waals surface area (Å²) in [6, 6.07) is 0.499. The molecule has 1 N–H and O–H groups in total. The molecule has 1 rings (SSSR count). The number of nitrogens with one attached hydrogen (secondary N) is 1. The van der Waals surface area contributed by atoms with Crippen molar-refractivity contribution in [2.75, 3.05) is 14.2 Å². The molecule has 1 unspecified atom stereocenters. The lowest BCUT2D eigenvalue weighted by Gasteiger charge is -2.39. The summed E-state index contributed by atoms with van der Waals surface area (Å²) in [6.45, 7) is 4.50. The van der Waals surface area contributed by atoms with Gasteiger partial charge in [-0.05, 0) is 38.6 Å². The molecule has 0 radical (unpaired) electrons. The normalized spacial score (nSPS) is 20.0. The Morgan fingerprint density at radius 2 is 1.78 bits per heavy atom. The molecule has 0 aromatic carbocycles. The predicted octanol–water partition coefficient (Wildman–Crippen LogP) is 4.14. The predicted molar refractivity (Wildman–Crippen MR) is 79.0 cm³/mol. The van der Waals surface area contributed by atoms with E-state index >= 15 is 0 Å². The molecule has 0 heterocycles. The van der Waals surface area contributed by atoms with Gasteiger partial charge < -0.3 is 10.1 Å². The van der Waals surface area contributed by atoms with E-state index in [0.717, 1.165) is 18.8 Å². The Morgan fingerprint density at radius 3 is 2.22 bits per heavy atom. The van der Waals surface area contributed by atoms with Crippen LogP contribution in [0.4, 0.5) is 0 Å². The number of hydrogen-bond acceptors (Lipinski definition) is 2. The van der Waals surface area contributed by atoms with Gasteiger partial charge in [0.25, 0.3) is 0 Å². The van der Waals surface area contributed by atoms with Gasteiger partial charge in [0.1, 0.15) is 0 Å². The highest BCUT2D eigenvalue weighted by molar-refractivity contribution is 4.91. The fourth-order valence-corrected chi connectivity index (χ4v) is 3.72. The Hall–Kier alpha value is -0.0800. The minimum atomic E-state index is 0.0312. The van der Waals surface area contributed by atoms with E-state index in [1.165, 1.54) is 44.9 Å². The van der Waals surface area contributed by atoms with E-state index in [9.17, 15) is 0 Å². The number of methoxy groups -OCH3 is 1. The summed E-state index contributed by atoms with van der Waals surface area (Å²) < 4.78 is 5.87. The lowest BCUT2D eigenvalue weighted by Crippen LogP contribution is -2.50. The first-order chi connectivity index (χ1) is 8.72. The molecule has 1 fully saturated rings. The monoisotopic (exact) mass is 255 g/mol. The average Bonchev–Trinajstić information content (AvgIpc) is 2.45. The molecule has 0 spiro atoms. The summed E-state index contributed by atoms with van der Waals surface area (Å²) in [5.41, 5.74) is 0.0312. The van der Waals surface area contributed by atoms with E-state index in [-0.39, 0.29) is 5.60 Å². The summed E-state index contributed by atoms with van der Waals surface area (Å²) in [5, 5.41) is 3.51. The summed E-state index contributed by atoms with van der Waals surface area (Å²) in [5.74, 6) is 0.970. The van der Waals surface area contributed by atoms with Crippen LogP contribution in [-0.2, 0) is 4.74 Å². The lowest BCUT2D eigenvalue weighted by molar-refractivity contribution is -0.0491. The van der Waals surface area contributed by atoms with Crippen LogP contribution < -0.4 is 5.32 Å². The van der Waals surface area contributed by atoms with Crippen LogP contribution in [0, 0.1) is 5.92 Å². The van der Waals surface area contributed by atoms with Gasteiger partial charge in [0.15, 0.2) is 0 Å². The zero-order valence-electron chi connectivity index (χ0n) is 12.9. The van der Waals surface area contributed by atoms with E-state index in [1.54, 1.807) is 0 Å². The highest BCUT2D eigenvalue weighted by Crippen LogP contribution is 2.32. The largest absolute Gasteiger partial charge is 0.377 e. The molecular formula is C16H33NO. The minimum absolute atomic E-state index is 0.0312. The summed E-state index contributed by atoms with van der Waals surface area (Å²) in [6.07, 6.45) is 12.1. The molecule has 0 aromatic heterocycles. The van der Waals surface area contributed by atoms with Crippen molar-refractivity contribution in [3.8, 4) is 0 Å². The topological polar surface area (TPSA) is 21.3 Å². The Bertz CT molecular complexity index is 199. The maximum Gasteiger partial charge on any atom is 0.0825 e. The molecule has 2 nitrogen and oxygen atoms in total. The first kappa shape index (κ1) is 16.0. The van der Waals surface area contributed by atoms with Gasteiger partial charge in [0.2, 0.25) is 0 Å². The molecule has 0 bridgehead atoms. The summed E-state index contributed by atoms with van der Waals surface area (Å²) in [7, 11) is 3.96. The van der Waals surface area contributed by atoms with Crippen LogP contribution in [-0.4, -0.2) is 25.8 Å². The standard InChI is InChI=1S/C16H33NO/c1-5-16(6-2,18-4)15(17-3)13-12-14-10-8-7-9-11-14/h14-15,17H,5-13H2,1-4H3. The molecule has 0 aromatic rings. The Morgan fingerprint density at radius 1 is 1.17 bits per heavy atom. The van der Waals surface area contributed by atoms with Crippen molar-refractivity contribution in [2.24, 2.45) is 5.92 Å². The summed E-state index contributed by atoms with van der Waals surface area (Å²) in [4.78, 5) is 0. The maximum atomic E-state index is 5.87. The van der Waals surface area contributed by atoms with Crippen molar-refractivity contribution in [1.82, 2.24) is 5.32 Å². The van der Waals surface area contributed by atoms with Crippen molar-refractivity contribution >= 4 is 0 Å². The van der Waals surface area contributed by atoms with E-state index in [4.69, 9.17) is 4.74 Å². The smallest absolute Gasteiger partial charge is 0.0825 e. The van der Waals surface area contributed by atoms with Crippen molar-refractivity contribution in [2.45, 2.75) is 83.3 Å². The molecule has 1 aliphatic rings. The van der Waals surface area contributed by atoms with Gasteiger partial charge in [-0.1, -0.05) is 46.0 Å². The third-order valence-corrected chi connectivity index (χ3v) is 5.18. The second-order valence-corrected chi connectivity index (χ2v) is 5.90. The number of hydrogen-bond donors (Lipinski definition) is 1. The second-order valence-electron chi connectivity index (χ2n) is 5.90. The van der Waals surface area contributed by atoms with Crippen LogP contribution in [0.3, 0.4) is 0 Å². The molecule has 1 saturated carbocycles. The Balaban J connectivity index is 2.48. The Labute approximate surface area is 114 Å². The highest BCUT2D eigenvalue weighted by atomic mass is 16.5. The molecule has 0 aliphatic heterocycles. The minimum Gasteiger partial charge on any atom is -0.377 e. The quantitative estimate of drug-likeness (QED) is 0.704. The second kappa shape index (κ2) is 8.16. The first-order valence-corrected chi connectivity index (χ1v) is 7.94. The molecule has 108 valence electrons. The zero-order chi connectivity index (χ0) is 13.4. The van der Waals surface area contributed by atoms with E-state index in [1.807, 2.05) is 7.11 Å². The Kier molecular flexibility index (Phi) is 7.25. The molecule has 0 saturated heterocycles. The van der Waals surface area contributed by atoms with Crippen molar-refractivity contribution in [1.29, 1.82) is 0 Å². The molecule has 1 aliphatic carbocycles. The van der Waals surface area contributed by atoms with Gasteiger partial charge in [0, 0.05) is 13.2 Å². The van der Waals surface area contributed by atoms with Crippen LogP contribution >= 0.6 is 0 Å². The number of likely N-dealkylation sites (N-methyl/N-ethyl adjacent to an activating group) is 1. The van der Waals surface area contributed by atoms with Gasteiger partial charge in [-0.15, -0.1) is 0 Å². The van der Waals surface area contributed by atoms with Gasteiger partial charge in [-0.2, -0.15) is 0 Å². The SMILES string of the molecule is CCC(CC)(OC)C(CCC1CCCCC1)NC. The fraction of sp³-hybridized carbons (Fsp3) is 1.00.